The lowest BCUT2D eigenvalue weighted by atomic mass is 9.84. The molecule has 1 saturated carbocycles. The third-order valence-corrected chi connectivity index (χ3v) is 7.97. The first kappa shape index (κ1) is 38.7. The molecule has 0 bridgehead atoms. The zero-order chi connectivity index (χ0) is 32.9. The van der Waals surface area contributed by atoms with Gasteiger partial charge in [0.25, 0.3) is 0 Å². The maximum atomic E-state index is 14.0. The van der Waals surface area contributed by atoms with Crippen LogP contribution in [0.5, 0.6) is 0 Å². The average molecular weight is 615 g/mol. The molecule has 2 aromatic carbocycles. The summed E-state index contributed by atoms with van der Waals surface area (Å²) >= 11 is 0. The van der Waals surface area contributed by atoms with Gasteiger partial charge >= 0.3 is 12.3 Å². The van der Waals surface area contributed by atoms with E-state index in [9.17, 15) is 8.78 Å². The van der Waals surface area contributed by atoms with Crippen molar-refractivity contribution in [2.45, 2.75) is 117 Å². The van der Waals surface area contributed by atoms with Gasteiger partial charge in [-0.2, -0.15) is 19.2 Å². The topological polar surface area (TPSA) is 86.7 Å². The molecular weight excluding hydrogens is 566 g/mol. The lowest BCUT2D eigenvalue weighted by Gasteiger charge is -2.22. The summed E-state index contributed by atoms with van der Waals surface area (Å²) in [4.78, 5) is 32.5. The van der Waals surface area contributed by atoms with Crippen molar-refractivity contribution in [2.24, 2.45) is 11.8 Å². The van der Waals surface area contributed by atoms with Gasteiger partial charge in [0.1, 0.15) is 0 Å². The highest BCUT2D eigenvalue weighted by atomic mass is 19.2. The lowest BCUT2D eigenvalue weighted by Crippen LogP contribution is -2.22. The SMILES string of the molecule is CC1CCC(C)CC1.CCCCC1OC(c2ccc(C=Cc3ccc(C)c(F)c3F)cc2)OC1CCCC.O=C=O.O=C=O. The van der Waals surface area contributed by atoms with Gasteiger partial charge in [-0.15, -0.1) is 0 Å². The van der Waals surface area contributed by atoms with Gasteiger partial charge in [-0.3, -0.25) is 0 Å². The molecule has 2 unspecified atom stereocenters. The van der Waals surface area contributed by atoms with Gasteiger partial charge in [0.2, 0.25) is 0 Å². The Morgan fingerprint density at radius 2 is 1.18 bits per heavy atom. The van der Waals surface area contributed by atoms with E-state index < -0.39 is 11.6 Å². The van der Waals surface area contributed by atoms with E-state index in [4.69, 9.17) is 28.7 Å². The molecule has 1 saturated heterocycles. The standard InChI is InChI=1S/C26H32F2O2.C8H16.2CO2/c1-4-6-8-22-23(9-7-5-2)30-26(29-22)21-16-12-19(13-17-21)11-15-20-14-10-18(3)24(27)25(20)28;1-7-3-5-8(2)6-4-7;2*2-1-3/h10-17,22-23,26H,4-9H2,1-3H3;7-8H,3-6H2,1-2H3;;. The number of unbranched alkanes of at least 4 members (excludes halogenated alkanes) is 2. The zero-order valence-electron chi connectivity index (χ0n) is 26.8. The second-order valence-electron chi connectivity index (χ2n) is 11.6. The molecule has 44 heavy (non-hydrogen) atoms. The average Bonchev–Trinajstić information content (AvgIpc) is 3.43. The number of rotatable bonds is 9. The number of hydrogen-bond donors (Lipinski definition) is 0. The van der Waals surface area contributed by atoms with Gasteiger partial charge in [0.15, 0.2) is 17.9 Å². The van der Waals surface area contributed by atoms with Gasteiger partial charge in [-0.05, 0) is 42.7 Å². The summed E-state index contributed by atoms with van der Waals surface area (Å²) in [5.74, 6) is 0.433. The van der Waals surface area contributed by atoms with Crippen molar-refractivity contribution in [2.75, 3.05) is 0 Å². The molecule has 242 valence electrons. The number of carbonyl (C=O) groups excluding carboxylic acids is 4. The summed E-state index contributed by atoms with van der Waals surface area (Å²) in [6, 6.07) is 11.0. The van der Waals surface area contributed by atoms with Crippen molar-refractivity contribution in [1.82, 2.24) is 0 Å². The molecule has 8 heteroatoms. The second-order valence-corrected chi connectivity index (χ2v) is 11.6. The molecule has 2 atom stereocenters. The normalized spacial score (nSPS) is 22.3. The highest BCUT2D eigenvalue weighted by Gasteiger charge is 2.35. The molecule has 2 aromatic rings. The quantitative estimate of drug-likeness (QED) is 0.262. The Hall–Kier alpha value is -3.28. The van der Waals surface area contributed by atoms with Crippen molar-refractivity contribution < 1.29 is 37.4 Å². The third kappa shape index (κ3) is 14.0. The van der Waals surface area contributed by atoms with Crippen LogP contribution in [0, 0.1) is 30.4 Å². The minimum atomic E-state index is -0.813. The number of benzene rings is 2. The smallest absolute Gasteiger partial charge is 0.342 e. The zero-order valence-corrected chi connectivity index (χ0v) is 26.8. The van der Waals surface area contributed by atoms with Crippen LogP contribution in [0.2, 0.25) is 0 Å². The summed E-state index contributed by atoms with van der Waals surface area (Å²) in [7, 11) is 0. The Balaban J connectivity index is 0.000000573. The molecule has 2 fully saturated rings. The minimum Gasteiger partial charge on any atom is -0.342 e. The van der Waals surface area contributed by atoms with Crippen LogP contribution in [0.1, 0.15) is 120 Å². The monoisotopic (exact) mass is 614 g/mol. The van der Waals surface area contributed by atoms with E-state index in [1.54, 1.807) is 31.2 Å². The molecule has 0 radical (unpaired) electrons. The molecule has 0 spiro atoms. The molecule has 0 aromatic heterocycles. The highest BCUT2D eigenvalue weighted by molar-refractivity contribution is 5.70. The van der Waals surface area contributed by atoms with E-state index in [1.165, 1.54) is 25.7 Å². The van der Waals surface area contributed by atoms with Crippen LogP contribution in [0.25, 0.3) is 12.2 Å². The highest BCUT2D eigenvalue weighted by Crippen LogP contribution is 2.36. The van der Waals surface area contributed by atoms with Crippen molar-refractivity contribution in [1.29, 1.82) is 0 Å². The van der Waals surface area contributed by atoms with Gasteiger partial charge in [-0.1, -0.05) is 128 Å². The van der Waals surface area contributed by atoms with Crippen LogP contribution in [0.4, 0.5) is 8.78 Å². The first-order valence-corrected chi connectivity index (χ1v) is 15.7. The number of hydrogen-bond acceptors (Lipinski definition) is 6. The van der Waals surface area contributed by atoms with E-state index >= 15 is 0 Å². The Labute approximate surface area is 261 Å². The fourth-order valence-corrected chi connectivity index (χ4v) is 5.17. The molecule has 1 aliphatic heterocycles. The van der Waals surface area contributed by atoms with Crippen LogP contribution in [0.3, 0.4) is 0 Å². The van der Waals surface area contributed by atoms with Crippen molar-refractivity contribution in [3.8, 4) is 0 Å². The maximum Gasteiger partial charge on any atom is 0.373 e. The molecule has 2 aliphatic rings. The van der Waals surface area contributed by atoms with Gasteiger partial charge in [0, 0.05) is 11.1 Å². The van der Waals surface area contributed by atoms with Crippen molar-refractivity contribution in [3.63, 3.8) is 0 Å². The molecule has 6 nitrogen and oxygen atoms in total. The predicted octanol–water partition coefficient (Wildman–Crippen LogP) is 9.27. The van der Waals surface area contributed by atoms with Crippen LogP contribution in [-0.4, -0.2) is 24.5 Å². The van der Waals surface area contributed by atoms with Gasteiger partial charge in [0.05, 0.1) is 12.2 Å². The lowest BCUT2D eigenvalue weighted by molar-refractivity contribution is -0.193. The second kappa shape index (κ2) is 22.3. The van der Waals surface area contributed by atoms with E-state index in [-0.39, 0.29) is 36.4 Å². The molecule has 1 aliphatic carbocycles. The number of ether oxygens (including phenoxy) is 2. The van der Waals surface area contributed by atoms with Gasteiger partial charge in [-0.25, -0.2) is 8.78 Å². The minimum absolute atomic E-state index is 0.153. The summed E-state index contributed by atoms with van der Waals surface area (Å²) < 4.78 is 40.2. The fourth-order valence-electron chi connectivity index (χ4n) is 5.17. The first-order valence-electron chi connectivity index (χ1n) is 15.7. The van der Waals surface area contributed by atoms with Crippen LogP contribution in [0.15, 0.2) is 36.4 Å². The van der Waals surface area contributed by atoms with Gasteiger partial charge < -0.3 is 9.47 Å². The Morgan fingerprint density at radius 3 is 1.61 bits per heavy atom. The molecule has 0 amide bonds. The first-order chi connectivity index (χ1) is 21.1. The maximum absolute atomic E-state index is 14.0. The fraction of sp³-hybridized carbons (Fsp3) is 0.556. The van der Waals surface area contributed by atoms with E-state index in [1.807, 2.05) is 24.3 Å². The Bertz CT molecular complexity index is 1140. The molecule has 1 heterocycles. The van der Waals surface area contributed by atoms with Crippen molar-refractivity contribution in [3.05, 3.63) is 70.3 Å². The number of aryl methyl sites for hydroxylation is 1. The van der Waals surface area contributed by atoms with Crippen LogP contribution in [-0.2, 0) is 28.7 Å². The summed E-state index contributed by atoms with van der Waals surface area (Å²) in [6.45, 7) is 10.7. The van der Waals surface area contributed by atoms with Crippen molar-refractivity contribution >= 4 is 24.5 Å². The third-order valence-electron chi connectivity index (χ3n) is 7.97. The Kier molecular flexibility index (Phi) is 19.6. The van der Waals surface area contributed by atoms with E-state index in [0.29, 0.717) is 5.56 Å². The summed E-state index contributed by atoms with van der Waals surface area (Å²) in [6.07, 6.45) is 16.4. The molecule has 4 rings (SSSR count). The summed E-state index contributed by atoms with van der Waals surface area (Å²) in [5.41, 5.74) is 2.43. The summed E-state index contributed by atoms with van der Waals surface area (Å²) in [5, 5.41) is 0. The van der Waals surface area contributed by atoms with Crippen LogP contribution < -0.4 is 0 Å². The Morgan fingerprint density at radius 1 is 0.727 bits per heavy atom. The van der Waals surface area contributed by atoms with Crippen LogP contribution >= 0.6 is 0 Å². The number of halogens is 2. The van der Waals surface area contributed by atoms with E-state index in [0.717, 1.165) is 61.5 Å². The predicted molar refractivity (Wildman–Crippen MR) is 165 cm³/mol. The molecule has 0 N–H and O–H groups in total. The molecular formula is C36H48F2O6. The van der Waals surface area contributed by atoms with E-state index in [2.05, 4.69) is 27.7 Å². The largest absolute Gasteiger partial charge is 0.373 e.